The molecule has 1 saturated heterocycles. The fraction of sp³-hybridized carbons (Fsp3) is 0.192. The Kier molecular flexibility index (Phi) is 5.56. The topological polar surface area (TPSA) is 66.2 Å². The second-order valence-electron chi connectivity index (χ2n) is 8.25. The summed E-state index contributed by atoms with van der Waals surface area (Å²) in [6.45, 7) is 5.03. The van der Waals surface area contributed by atoms with Crippen molar-refractivity contribution in [2.45, 2.75) is 32.5 Å². The standard InChI is InChI=1S/C26H25N5OS/c1-17-15-20(18(2)30(17)16-19-10-13-27-14-11-19)25-24(21-7-5-6-12-28-21)29-26(33)31(25)22-8-3-4-9-23(22)32/h3-15,24-25,32H,16H2,1-2H3,(H,29,33)/t24-,25-/m1/s1. The molecule has 5 rings (SSSR count). The lowest BCUT2D eigenvalue weighted by Crippen LogP contribution is -2.29. The van der Waals surface area contributed by atoms with Gasteiger partial charge in [-0.3, -0.25) is 9.97 Å². The minimum absolute atomic E-state index is 0.159. The number of aromatic hydroxyl groups is 1. The van der Waals surface area contributed by atoms with Gasteiger partial charge in [-0.1, -0.05) is 18.2 Å². The number of hydrogen-bond acceptors (Lipinski definition) is 4. The lowest BCUT2D eigenvalue weighted by atomic mass is 9.96. The van der Waals surface area contributed by atoms with Gasteiger partial charge >= 0.3 is 0 Å². The van der Waals surface area contributed by atoms with Crippen molar-refractivity contribution in [2.75, 3.05) is 4.90 Å². The first-order valence-corrected chi connectivity index (χ1v) is 11.3. The monoisotopic (exact) mass is 455 g/mol. The van der Waals surface area contributed by atoms with E-state index in [-0.39, 0.29) is 17.8 Å². The number of rotatable bonds is 5. The fourth-order valence-electron chi connectivity index (χ4n) is 4.64. The number of para-hydroxylation sites is 2. The first-order chi connectivity index (χ1) is 16.0. The number of anilines is 1. The summed E-state index contributed by atoms with van der Waals surface area (Å²) >= 11 is 5.79. The van der Waals surface area contributed by atoms with Crippen molar-refractivity contribution < 1.29 is 5.11 Å². The van der Waals surface area contributed by atoms with Gasteiger partial charge < -0.3 is 19.9 Å². The maximum Gasteiger partial charge on any atom is 0.174 e. The molecular formula is C26H25N5OS. The quantitative estimate of drug-likeness (QED) is 0.421. The van der Waals surface area contributed by atoms with Crippen LogP contribution in [0.2, 0.25) is 0 Å². The van der Waals surface area contributed by atoms with Crippen molar-refractivity contribution in [3.8, 4) is 5.75 Å². The van der Waals surface area contributed by atoms with E-state index in [2.05, 4.69) is 39.8 Å². The Hall–Kier alpha value is -3.71. The largest absolute Gasteiger partial charge is 0.506 e. The highest BCUT2D eigenvalue weighted by molar-refractivity contribution is 7.80. The van der Waals surface area contributed by atoms with Crippen LogP contribution < -0.4 is 10.2 Å². The first kappa shape index (κ1) is 21.2. The van der Waals surface area contributed by atoms with Gasteiger partial charge in [0.15, 0.2) is 5.11 Å². The number of nitrogens with one attached hydrogen (secondary N) is 1. The number of thiocarbonyl (C=S) groups is 1. The van der Waals surface area contributed by atoms with Crippen molar-refractivity contribution in [3.05, 3.63) is 107 Å². The van der Waals surface area contributed by atoms with E-state index in [4.69, 9.17) is 12.2 Å². The molecule has 4 aromatic rings. The summed E-state index contributed by atoms with van der Waals surface area (Å²) in [6.07, 6.45) is 5.44. The minimum Gasteiger partial charge on any atom is -0.506 e. The Bertz CT molecular complexity index is 1290. The van der Waals surface area contributed by atoms with E-state index in [0.717, 1.165) is 29.2 Å². The van der Waals surface area contributed by atoms with Crippen LogP contribution in [0.1, 0.15) is 40.3 Å². The van der Waals surface area contributed by atoms with Crippen LogP contribution in [0, 0.1) is 13.8 Å². The smallest absolute Gasteiger partial charge is 0.174 e. The van der Waals surface area contributed by atoms with Crippen molar-refractivity contribution in [2.24, 2.45) is 0 Å². The molecule has 0 amide bonds. The van der Waals surface area contributed by atoms with Gasteiger partial charge in [-0.15, -0.1) is 0 Å². The maximum absolute atomic E-state index is 10.7. The van der Waals surface area contributed by atoms with Crippen LogP contribution in [-0.2, 0) is 6.54 Å². The van der Waals surface area contributed by atoms with E-state index in [0.29, 0.717) is 10.8 Å². The zero-order valence-electron chi connectivity index (χ0n) is 18.5. The van der Waals surface area contributed by atoms with Crippen LogP contribution >= 0.6 is 12.2 Å². The van der Waals surface area contributed by atoms with Gasteiger partial charge in [0.1, 0.15) is 5.75 Å². The molecule has 0 spiro atoms. The van der Waals surface area contributed by atoms with Crippen LogP contribution in [-0.4, -0.2) is 24.8 Å². The molecule has 3 aromatic heterocycles. The molecule has 2 N–H and O–H groups in total. The minimum atomic E-state index is -0.168. The zero-order valence-corrected chi connectivity index (χ0v) is 19.3. The molecule has 1 aliphatic rings. The van der Waals surface area contributed by atoms with E-state index in [1.807, 2.05) is 65.8 Å². The molecule has 7 heteroatoms. The van der Waals surface area contributed by atoms with Crippen LogP contribution in [0.3, 0.4) is 0 Å². The Morgan fingerprint density at radius 1 is 1.00 bits per heavy atom. The Balaban J connectivity index is 1.64. The SMILES string of the molecule is Cc1cc([C@@H]2[C@@H](c3ccccn3)NC(=S)N2c2ccccc2O)c(C)n1Cc1ccncc1. The van der Waals surface area contributed by atoms with Gasteiger partial charge in [0.2, 0.25) is 0 Å². The molecule has 2 atom stereocenters. The highest BCUT2D eigenvalue weighted by Gasteiger charge is 2.42. The molecule has 1 fully saturated rings. The number of phenols is 1. The molecule has 33 heavy (non-hydrogen) atoms. The third-order valence-corrected chi connectivity index (χ3v) is 6.58. The second kappa shape index (κ2) is 8.67. The molecule has 0 unspecified atom stereocenters. The van der Waals surface area contributed by atoms with Crippen LogP contribution in [0.4, 0.5) is 5.69 Å². The van der Waals surface area contributed by atoms with E-state index in [9.17, 15) is 5.11 Å². The summed E-state index contributed by atoms with van der Waals surface area (Å²) in [4.78, 5) is 10.8. The van der Waals surface area contributed by atoms with Gasteiger partial charge in [-0.25, -0.2) is 0 Å². The maximum atomic E-state index is 10.7. The number of pyridine rings is 2. The molecule has 1 aliphatic heterocycles. The van der Waals surface area contributed by atoms with Gasteiger partial charge in [-0.2, -0.15) is 0 Å². The second-order valence-corrected chi connectivity index (χ2v) is 8.64. The summed E-state index contributed by atoms with van der Waals surface area (Å²) in [6, 6.07) is 19.2. The summed E-state index contributed by atoms with van der Waals surface area (Å²) in [5.41, 5.74) is 6.24. The van der Waals surface area contributed by atoms with E-state index in [1.165, 1.54) is 5.56 Å². The van der Waals surface area contributed by atoms with E-state index >= 15 is 0 Å². The number of phenolic OH excluding ortho intramolecular Hbond substituents is 1. The Labute approximate surface area is 198 Å². The molecule has 6 nitrogen and oxygen atoms in total. The van der Waals surface area contributed by atoms with Crippen LogP contribution in [0.15, 0.2) is 79.3 Å². The molecule has 0 radical (unpaired) electrons. The zero-order chi connectivity index (χ0) is 22.9. The van der Waals surface area contributed by atoms with Crippen molar-refractivity contribution >= 4 is 23.0 Å². The Morgan fingerprint density at radius 3 is 2.48 bits per heavy atom. The summed E-state index contributed by atoms with van der Waals surface area (Å²) in [5, 5.41) is 14.7. The van der Waals surface area contributed by atoms with Gasteiger partial charge in [0, 0.05) is 36.5 Å². The predicted molar refractivity (Wildman–Crippen MR) is 133 cm³/mol. The number of aromatic nitrogens is 3. The lowest BCUT2D eigenvalue weighted by Gasteiger charge is -2.28. The molecule has 1 aromatic carbocycles. The van der Waals surface area contributed by atoms with Crippen molar-refractivity contribution in [1.82, 2.24) is 19.9 Å². The van der Waals surface area contributed by atoms with Gasteiger partial charge in [-0.05, 0) is 79.7 Å². The lowest BCUT2D eigenvalue weighted by molar-refractivity contribution is 0.472. The number of nitrogens with zero attached hydrogens (tertiary/aromatic N) is 4. The molecule has 0 aliphatic carbocycles. The third kappa shape index (κ3) is 3.85. The third-order valence-electron chi connectivity index (χ3n) is 6.26. The van der Waals surface area contributed by atoms with Gasteiger partial charge in [0.25, 0.3) is 0 Å². The molecule has 0 bridgehead atoms. The average Bonchev–Trinajstić information content (AvgIpc) is 3.31. The fourth-order valence-corrected chi connectivity index (χ4v) is 4.98. The number of hydrogen-bond donors (Lipinski definition) is 2. The van der Waals surface area contributed by atoms with Gasteiger partial charge in [0.05, 0.1) is 23.5 Å². The van der Waals surface area contributed by atoms with E-state index < -0.39 is 0 Å². The van der Waals surface area contributed by atoms with Crippen LogP contribution in [0.5, 0.6) is 5.75 Å². The summed E-state index contributed by atoms with van der Waals surface area (Å²) in [5.74, 6) is 0.193. The number of benzene rings is 1. The van der Waals surface area contributed by atoms with Crippen molar-refractivity contribution in [1.29, 1.82) is 0 Å². The van der Waals surface area contributed by atoms with E-state index in [1.54, 1.807) is 12.3 Å². The first-order valence-electron chi connectivity index (χ1n) is 10.9. The van der Waals surface area contributed by atoms with Crippen LogP contribution in [0.25, 0.3) is 0 Å². The molecule has 0 saturated carbocycles. The predicted octanol–water partition coefficient (Wildman–Crippen LogP) is 4.83. The molecule has 166 valence electrons. The average molecular weight is 456 g/mol. The van der Waals surface area contributed by atoms with Crippen molar-refractivity contribution in [3.63, 3.8) is 0 Å². The number of aryl methyl sites for hydroxylation is 1. The highest BCUT2D eigenvalue weighted by Crippen LogP contribution is 2.45. The summed E-state index contributed by atoms with van der Waals surface area (Å²) in [7, 11) is 0. The highest BCUT2D eigenvalue weighted by atomic mass is 32.1. The summed E-state index contributed by atoms with van der Waals surface area (Å²) < 4.78 is 2.31. The molecular weight excluding hydrogens is 430 g/mol. The normalized spacial score (nSPS) is 17.9. The Morgan fingerprint density at radius 2 is 1.76 bits per heavy atom. The molecule has 4 heterocycles.